The maximum absolute atomic E-state index is 4.92. The van der Waals surface area contributed by atoms with Gasteiger partial charge in [0.15, 0.2) is 0 Å². The molecule has 156 valence electrons. The van der Waals surface area contributed by atoms with Gasteiger partial charge in [0.25, 0.3) is 0 Å². The van der Waals surface area contributed by atoms with Gasteiger partial charge >= 0.3 is 0 Å². The predicted octanol–water partition coefficient (Wildman–Crippen LogP) is 4.72. The highest BCUT2D eigenvalue weighted by molar-refractivity contribution is 7.94. The van der Waals surface area contributed by atoms with Gasteiger partial charge in [0.05, 0.1) is 11.4 Å². The molecular formula is C28H24N3P. The molecule has 5 rings (SSSR count). The molecule has 4 heteroatoms. The Morgan fingerprint density at radius 1 is 0.562 bits per heavy atom. The molecule has 0 unspecified atom stereocenters. The van der Waals surface area contributed by atoms with E-state index in [0.717, 1.165) is 17.1 Å². The van der Waals surface area contributed by atoms with Crippen LogP contribution < -0.4 is 15.9 Å². The topological polar surface area (TPSA) is 30.7 Å². The van der Waals surface area contributed by atoms with Crippen LogP contribution >= 0.6 is 6.89 Å². The quantitative estimate of drug-likeness (QED) is 0.376. The zero-order chi connectivity index (χ0) is 21.8. The maximum Gasteiger partial charge on any atom is 0.110 e. The van der Waals surface area contributed by atoms with Crippen molar-refractivity contribution in [3.8, 4) is 5.69 Å². The summed E-state index contributed by atoms with van der Waals surface area (Å²) in [7, 11) is 0. The van der Waals surface area contributed by atoms with E-state index in [1.54, 1.807) is 4.80 Å². The van der Waals surface area contributed by atoms with E-state index in [2.05, 4.69) is 96.8 Å². The number of benzene rings is 4. The van der Waals surface area contributed by atoms with Crippen LogP contribution in [0.1, 0.15) is 11.4 Å². The number of para-hydroxylation sites is 1. The second-order valence-electron chi connectivity index (χ2n) is 7.65. The Hall–Kier alpha value is -3.68. The van der Waals surface area contributed by atoms with Gasteiger partial charge in [-0.1, -0.05) is 109 Å². The average Bonchev–Trinajstić information content (AvgIpc) is 3.24. The van der Waals surface area contributed by atoms with Crippen LogP contribution in [0.2, 0.25) is 0 Å². The van der Waals surface area contributed by atoms with Crippen molar-refractivity contribution in [2.45, 2.75) is 6.92 Å². The van der Waals surface area contributed by atoms with Gasteiger partial charge in [-0.3, -0.25) is 0 Å². The Morgan fingerprint density at radius 3 is 1.41 bits per heavy atom. The van der Waals surface area contributed by atoms with Crippen LogP contribution in [0, 0.1) is 6.92 Å². The van der Waals surface area contributed by atoms with E-state index in [9.17, 15) is 0 Å². The van der Waals surface area contributed by atoms with E-state index in [-0.39, 0.29) is 0 Å². The summed E-state index contributed by atoms with van der Waals surface area (Å²) in [4.78, 5) is 1.73. The lowest BCUT2D eigenvalue weighted by molar-refractivity contribution is 0.745. The standard InChI is InChI=1S/C28H24N3P/c1-23-28(30-31(29-23)24-14-6-2-7-15-24)22-32(25-16-8-3-9-17-25,26-18-10-4-11-19-26)27-20-12-5-13-21-27/h2-22H,1H3. The Balaban J connectivity index is 1.84. The largest absolute Gasteiger partial charge is 0.153 e. The van der Waals surface area contributed by atoms with E-state index in [0.29, 0.717) is 0 Å². The lowest BCUT2D eigenvalue weighted by Crippen LogP contribution is -2.27. The second kappa shape index (κ2) is 8.82. The Bertz CT molecular complexity index is 1260. The van der Waals surface area contributed by atoms with Crippen molar-refractivity contribution >= 4 is 28.6 Å². The molecule has 3 nitrogen and oxygen atoms in total. The minimum absolute atomic E-state index is 0.916. The van der Waals surface area contributed by atoms with Crippen molar-refractivity contribution in [3.05, 3.63) is 133 Å². The molecule has 0 fully saturated rings. The van der Waals surface area contributed by atoms with Crippen LogP contribution in [0.5, 0.6) is 0 Å². The summed E-state index contributed by atoms with van der Waals surface area (Å²) in [6.45, 7) is -0.0855. The summed E-state index contributed by atoms with van der Waals surface area (Å²) < 4.78 is 0. The molecule has 0 amide bonds. The Labute approximate surface area is 189 Å². The first-order valence-electron chi connectivity index (χ1n) is 10.7. The first-order valence-corrected chi connectivity index (χ1v) is 12.5. The van der Waals surface area contributed by atoms with Crippen molar-refractivity contribution < 1.29 is 0 Å². The van der Waals surface area contributed by atoms with Gasteiger partial charge in [0, 0.05) is 0 Å². The SMILES string of the molecule is Cc1nn(-c2ccccc2)nc1C=P(c1ccccc1)(c1ccccc1)c1ccccc1. The fourth-order valence-electron chi connectivity index (χ4n) is 4.03. The molecule has 1 aromatic heterocycles. The number of rotatable bonds is 5. The van der Waals surface area contributed by atoms with Gasteiger partial charge in [-0.05, 0) is 47.7 Å². The predicted molar refractivity (Wildman–Crippen MR) is 136 cm³/mol. The fraction of sp³-hybridized carbons (Fsp3) is 0.0357. The second-order valence-corrected chi connectivity index (χ2v) is 10.9. The third-order valence-electron chi connectivity index (χ3n) is 5.61. The van der Waals surface area contributed by atoms with Crippen LogP contribution in [0.15, 0.2) is 121 Å². The minimum atomic E-state index is -2.12. The van der Waals surface area contributed by atoms with Gasteiger partial charge in [-0.25, -0.2) is 0 Å². The number of hydrogen-bond acceptors (Lipinski definition) is 2. The highest BCUT2D eigenvalue weighted by Crippen LogP contribution is 2.44. The van der Waals surface area contributed by atoms with Crippen LogP contribution in [0.4, 0.5) is 0 Å². The van der Waals surface area contributed by atoms with Crippen LogP contribution in [-0.2, 0) is 0 Å². The average molecular weight is 433 g/mol. The van der Waals surface area contributed by atoms with E-state index in [4.69, 9.17) is 10.2 Å². The van der Waals surface area contributed by atoms with Crippen molar-refractivity contribution in [1.82, 2.24) is 15.0 Å². The third-order valence-corrected chi connectivity index (χ3v) is 9.58. The van der Waals surface area contributed by atoms with Gasteiger partial charge < -0.3 is 0 Å². The monoisotopic (exact) mass is 433 g/mol. The number of aromatic nitrogens is 3. The zero-order valence-corrected chi connectivity index (χ0v) is 18.8. The summed E-state index contributed by atoms with van der Waals surface area (Å²) in [5, 5.41) is 13.5. The van der Waals surface area contributed by atoms with Crippen molar-refractivity contribution in [1.29, 1.82) is 0 Å². The first kappa shape index (κ1) is 20.2. The molecule has 0 aliphatic heterocycles. The van der Waals surface area contributed by atoms with E-state index < -0.39 is 6.89 Å². The summed E-state index contributed by atoms with van der Waals surface area (Å²) in [5.41, 5.74) is 2.79. The summed E-state index contributed by atoms with van der Waals surface area (Å²) in [5.74, 6) is 2.37. The minimum Gasteiger partial charge on any atom is -0.153 e. The fourth-order valence-corrected chi connectivity index (χ4v) is 7.90. The van der Waals surface area contributed by atoms with Crippen LogP contribution in [-0.4, -0.2) is 20.8 Å². The van der Waals surface area contributed by atoms with Crippen molar-refractivity contribution in [2.75, 3.05) is 0 Å². The Morgan fingerprint density at radius 2 is 0.969 bits per heavy atom. The van der Waals surface area contributed by atoms with E-state index >= 15 is 0 Å². The maximum atomic E-state index is 4.92. The zero-order valence-electron chi connectivity index (χ0n) is 17.9. The van der Waals surface area contributed by atoms with E-state index in [1.807, 2.05) is 37.3 Å². The molecule has 0 N–H and O–H groups in total. The van der Waals surface area contributed by atoms with Gasteiger partial charge in [-0.15, -0.1) is 5.10 Å². The lowest BCUT2D eigenvalue weighted by Gasteiger charge is -2.28. The van der Waals surface area contributed by atoms with Gasteiger partial charge in [0.2, 0.25) is 0 Å². The number of aryl methyl sites for hydroxylation is 1. The van der Waals surface area contributed by atoms with Crippen LogP contribution in [0.3, 0.4) is 0 Å². The molecular weight excluding hydrogens is 409 g/mol. The molecule has 0 aliphatic carbocycles. The van der Waals surface area contributed by atoms with Gasteiger partial charge in [0.1, 0.15) is 5.69 Å². The summed E-state index contributed by atoms with van der Waals surface area (Å²) in [6, 6.07) is 42.4. The smallest absolute Gasteiger partial charge is 0.110 e. The molecule has 1 heterocycles. The summed E-state index contributed by atoms with van der Waals surface area (Å²) in [6.07, 6.45) is 0. The lowest BCUT2D eigenvalue weighted by atomic mass is 10.3. The molecule has 0 saturated heterocycles. The number of hydrogen-bond donors (Lipinski definition) is 0. The highest BCUT2D eigenvalue weighted by atomic mass is 31.2. The Kier molecular flexibility index (Phi) is 5.58. The van der Waals surface area contributed by atoms with E-state index in [1.165, 1.54) is 15.9 Å². The molecule has 0 saturated carbocycles. The van der Waals surface area contributed by atoms with Crippen molar-refractivity contribution in [2.24, 2.45) is 0 Å². The first-order chi connectivity index (χ1) is 15.8. The molecule has 0 radical (unpaired) electrons. The van der Waals surface area contributed by atoms with Gasteiger partial charge in [-0.2, -0.15) is 9.90 Å². The molecule has 4 aromatic carbocycles. The number of nitrogens with zero attached hydrogens (tertiary/aromatic N) is 3. The molecule has 5 aromatic rings. The highest BCUT2D eigenvalue weighted by Gasteiger charge is 2.26. The summed E-state index contributed by atoms with van der Waals surface area (Å²) >= 11 is 0. The molecule has 32 heavy (non-hydrogen) atoms. The normalized spacial score (nSPS) is 11.3. The molecule has 0 spiro atoms. The molecule has 0 bridgehead atoms. The molecule has 0 atom stereocenters. The third kappa shape index (κ3) is 3.72. The van der Waals surface area contributed by atoms with Crippen LogP contribution in [0.25, 0.3) is 5.69 Å². The molecule has 0 aliphatic rings. The van der Waals surface area contributed by atoms with Crippen molar-refractivity contribution in [3.63, 3.8) is 0 Å².